The van der Waals surface area contributed by atoms with E-state index in [-0.39, 0.29) is 5.41 Å². The van der Waals surface area contributed by atoms with E-state index >= 15 is 0 Å². The molecule has 0 aliphatic carbocycles. The third kappa shape index (κ3) is 3.88. The Morgan fingerprint density at radius 3 is 2.95 bits per heavy atom. The standard InChI is InChI=1S/C16H25N3O2/c1-16(2,15(17)19-20)9-5-6-10-18-13-11-21-14-8-4-3-7-12(13)14/h3-4,7-8,13,18,20H,5-6,9-11H2,1-2H3,(H2,17,19). The van der Waals surface area contributed by atoms with Crippen molar-refractivity contribution in [3.63, 3.8) is 0 Å². The van der Waals surface area contributed by atoms with Gasteiger partial charge in [0, 0.05) is 11.0 Å². The van der Waals surface area contributed by atoms with Crippen LogP contribution < -0.4 is 15.8 Å². The zero-order chi connectivity index (χ0) is 15.3. The molecule has 0 radical (unpaired) electrons. The third-order valence-electron chi connectivity index (χ3n) is 4.12. The highest BCUT2D eigenvalue weighted by atomic mass is 16.5. The minimum Gasteiger partial charge on any atom is -0.491 e. The SMILES string of the molecule is CC(C)(CCCCNC1COc2ccccc21)/C(N)=N/O. The van der Waals surface area contributed by atoms with Gasteiger partial charge in [0.1, 0.15) is 18.2 Å². The molecular formula is C16H25N3O2. The van der Waals surface area contributed by atoms with Crippen molar-refractivity contribution in [1.82, 2.24) is 5.32 Å². The predicted molar refractivity (Wildman–Crippen MR) is 83.7 cm³/mol. The second kappa shape index (κ2) is 6.80. The lowest BCUT2D eigenvalue weighted by Crippen LogP contribution is -2.32. The number of hydrogen-bond donors (Lipinski definition) is 3. The monoisotopic (exact) mass is 291 g/mol. The zero-order valence-corrected chi connectivity index (χ0v) is 12.8. The largest absolute Gasteiger partial charge is 0.491 e. The second-order valence-electron chi connectivity index (χ2n) is 6.18. The second-order valence-corrected chi connectivity index (χ2v) is 6.18. The first-order valence-electron chi connectivity index (χ1n) is 7.48. The third-order valence-corrected chi connectivity index (χ3v) is 4.12. The summed E-state index contributed by atoms with van der Waals surface area (Å²) in [6, 6.07) is 8.45. The highest BCUT2D eigenvalue weighted by Crippen LogP contribution is 2.31. The van der Waals surface area contributed by atoms with Gasteiger partial charge >= 0.3 is 0 Å². The lowest BCUT2D eigenvalue weighted by Gasteiger charge is -2.22. The number of ether oxygens (including phenoxy) is 1. The predicted octanol–water partition coefficient (Wildman–Crippen LogP) is 2.65. The van der Waals surface area contributed by atoms with Crippen molar-refractivity contribution in [1.29, 1.82) is 0 Å². The zero-order valence-electron chi connectivity index (χ0n) is 12.8. The molecule has 2 rings (SSSR count). The summed E-state index contributed by atoms with van der Waals surface area (Å²) < 4.78 is 5.65. The molecule has 0 saturated carbocycles. The van der Waals surface area contributed by atoms with Gasteiger partial charge in [0.15, 0.2) is 0 Å². The summed E-state index contributed by atoms with van der Waals surface area (Å²) in [5.74, 6) is 1.29. The summed E-state index contributed by atoms with van der Waals surface area (Å²) in [7, 11) is 0. The molecule has 0 saturated heterocycles. The van der Waals surface area contributed by atoms with Crippen molar-refractivity contribution in [2.75, 3.05) is 13.2 Å². The first-order chi connectivity index (χ1) is 10.0. The van der Waals surface area contributed by atoms with Crippen molar-refractivity contribution in [2.24, 2.45) is 16.3 Å². The topological polar surface area (TPSA) is 79.9 Å². The molecule has 1 aromatic carbocycles. The van der Waals surface area contributed by atoms with Crippen molar-refractivity contribution in [3.8, 4) is 5.75 Å². The molecule has 1 heterocycles. The van der Waals surface area contributed by atoms with Crippen LogP contribution in [0.2, 0.25) is 0 Å². The smallest absolute Gasteiger partial charge is 0.144 e. The lowest BCUT2D eigenvalue weighted by molar-refractivity contribution is 0.301. The minimum absolute atomic E-state index is 0.252. The average Bonchev–Trinajstić information content (AvgIpc) is 2.89. The molecule has 0 aromatic heterocycles. The van der Waals surface area contributed by atoms with Gasteiger partial charge in [-0.3, -0.25) is 0 Å². The molecule has 5 nitrogen and oxygen atoms in total. The summed E-state index contributed by atoms with van der Waals surface area (Å²) in [4.78, 5) is 0. The van der Waals surface area contributed by atoms with Crippen LogP contribution in [-0.2, 0) is 0 Å². The lowest BCUT2D eigenvalue weighted by atomic mass is 9.86. The molecule has 0 amide bonds. The number of oxime groups is 1. The van der Waals surface area contributed by atoms with Gasteiger partial charge in [0.05, 0.1) is 6.04 Å². The maximum atomic E-state index is 8.75. The van der Waals surface area contributed by atoms with Gasteiger partial charge in [0.25, 0.3) is 0 Å². The number of unbranched alkanes of at least 4 members (excludes halogenated alkanes) is 1. The Morgan fingerprint density at radius 2 is 2.19 bits per heavy atom. The van der Waals surface area contributed by atoms with Crippen LogP contribution in [0.25, 0.3) is 0 Å². The summed E-state index contributed by atoms with van der Waals surface area (Å²) in [6.45, 7) is 5.64. The average molecular weight is 291 g/mol. The first-order valence-corrected chi connectivity index (χ1v) is 7.48. The van der Waals surface area contributed by atoms with E-state index in [1.54, 1.807) is 0 Å². The minimum atomic E-state index is -0.252. The summed E-state index contributed by atoms with van der Waals surface area (Å²) in [5, 5.41) is 15.4. The van der Waals surface area contributed by atoms with E-state index in [0.717, 1.165) is 31.6 Å². The molecule has 0 bridgehead atoms. The highest BCUT2D eigenvalue weighted by molar-refractivity contribution is 5.85. The molecule has 0 fully saturated rings. The Balaban J connectivity index is 1.70. The van der Waals surface area contributed by atoms with Gasteiger partial charge < -0.3 is 21.0 Å². The van der Waals surface area contributed by atoms with Crippen LogP contribution in [0.4, 0.5) is 0 Å². The molecule has 1 atom stereocenters. The van der Waals surface area contributed by atoms with Crippen molar-refractivity contribution >= 4 is 5.84 Å². The Kier molecular flexibility index (Phi) is 5.07. The van der Waals surface area contributed by atoms with Crippen LogP contribution in [0, 0.1) is 5.41 Å². The van der Waals surface area contributed by atoms with Crippen molar-refractivity contribution in [2.45, 2.75) is 39.2 Å². The highest BCUT2D eigenvalue weighted by Gasteiger charge is 2.24. The van der Waals surface area contributed by atoms with Crippen LogP contribution >= 0.6 is 0 Å². The fourth-order valence-electron chi connectivity index (χ4n) is 2.56. The fraction of sp³-hybridized carbons (Fsp3) is 0.562. The normalized spacial score (nSPS) is 18.4. The van der Waals surface area contributed by atoms with Crippen LogP contribution in [0.15, 0.2) is 29.4 Å². The molecule has 1 unspecified atom stereocenters. The Morgan fingerprint density at radius 1 is 1.43 bits per heavy atom. The number of hydrogen-bond acceptors (Lipinski definition) is 4. The quantitative estimate of drug-likeness (QED) is 0.237. The van der Waals surface area contributed by atoms with E-state index in [0.29, 0.717) is 18.5 Å². The van der Waals surface area contributed by atoms with Crippen LogP contribution in [-0.4, -0.2) is 24.2 Å². The van der Waals surface area contributed by atoms with E-state index in [1.807, 2.05) is 32.0 Å². The summed E-state index contributed by atoms with van der Waals surface area (Å²) in [5.41, 5.74) is 6.68. The fourth-order valence-corrected chi connectivity index (χ4v) is 2.56. The summed E-state index contributed by atoms with van der Waals surface area (Å²) in [6.07, 6.45) is 2.99. The van der Waals surface area contributed by atoms with E-state index in [1.165, 1.54) is 5.56 Å². The molecule has 1 aliphatic rings. The molecule has 21 heavy (non-hydrogen) atoms. The van der Waals surface area contributed by atoms with Crippen molar-refractivity contribution < 1.29 is 9.94 Å². The molecule has 4 N–H and O–H groups in total. The maximum absolute atomic E-state index is 8.75. The molecule has 1 aliphatic heterocycles. The first kappa shape index (κ1) is 15.6. The number of benzene rings is 1. The van der Waals surface area contributed by atoms with Gasteiger partial charge in [-0.05, 0) is 25.5 Å². The maximum Gasteiger partial charge on any atom is 0.144 e. The summed E-state index contributed by atoms with van der Waals surface area (Å²) >= 11 is 0. The van der Waals surface area contributed by atoms with Crippen LogP contribution in [0.5, 0.6) is 5.75 Å². The number of amidine groups is 1. The van der Waals surface area contributed by atoms with Crippen molar-refractivity contribution in [3.05, 3.63) is 29.8 Å². The van der Waals surface area contributed by atoms with E-state index < -0.39 is 0 Å². The van der Waals surface area contributed by atoms with Gasteiger partial charge in [-0.25, -0.2) is 0 Å². The number of nitrogens with two attached hydrogens (primary N) is 1. The number of para-hydroxylation sites is 1. The Hall–Kier alpha value is -1.75. The molecule has 0 spiro atoms. The number of rotatable bonds is 7. The van der Waals surface area contributed by atoms with Gasteiger partial charge in [-0.15, -0.1) is 0 Å². The van der Waals surface area contributed by atoms with Crippen LogP contribution in [0.3, 0.4) is 0 Å². The Labute approximate surface area is 126 Å². The molecule has 1 aromatic rings. The number of nitrogens with one attached hydrogen (secondary N) is 1. The number of nitrogens with zero attached hydrogens (tertiary/aromatic N) is 1. The Bertz CT molecular complexity index is 500. The molecular weight excluding hydrogens is 266 g/mol. The number of fused-ring (bicyclic) bond motifs is 1. The molecule has 116 valence electrons. The van der Waals surface area contributed by atoms with Gasteiger partial charge in [-0.1, -0.05) is 43.6 Å². The van der Waals surface area contributed by atoms with E-state index in [2.05, 4.69) is 16.5 Å². The van der Waals surface area contributed by atoms with Gasteiger partial charge in [0.2, 0.25) is 0 Å². The van der Waals surface area contributed by atoms with Gasteiger partial charge in [-0.2, -0.15) is 0 Å². The van der Waals surface area contributed by atoms with Crippen LogP contribution in [0.1, 0.15) is 44.7 Å². The molecule has 5 heteroatoms. The van der Waals surface area contributed by atoms with E-state index in [4.69, 9.17) is 15.7 Å². The van der Waals surface area contributed by atoms with E-state index in [9.17, 15) is 0 Å².